The number of nitrogens with two attached hydrogens (primary N) is 1. The highest BCUT2D eigenvalue weighted by molar-refractivity contribution is 7.87. The van der Waals surface area contributed by atoms with Crippen molar-refractivity contribution in [2.45, 2.75) is 19.4 Å². The highest BCUT2D eigenvalue weighted by atomic mass is 32.2. The zero-order valence-electron chi connectivity index (χ0n) is 10.2. The molecule has 4 N–H and O–H groups in total. The van der Waals surface area contributed by atoms with Crippen LogP contribution in [0.4, 0.5) is 0 Å². The third-order valence-electron chi connectivity index (χ3n) is 3.15. The van der Waals surface area contributed by atoms with Crippen LogP contribution in [0.3, 0.4) is 0 Å². The second-order valence-electron chi connectivity index (χ2n) is 4.50. The van der Waals surface area contributed by atoms with E-state index < -0.39 is 10.2 Å². The molecule has 1 aromatic heterocycles. The standard InChI is InChI=1S/C10H19N5O2S/c11-4-9-2-1-3-15(7-9)18(16,17)14-6-10-5-12-8-13-10/h5,8-9,14H,1-4,6-7,11H2,(H,12,13). The lowest BCUT2D eigenvalue weighted by atomic mass is 10.0. The summed E-state index contributed by atoms with van der Waals surface area (Å²) < 4.78 is 28.2. The maximum atomic E-state index is 12.1. The summed E-state index contributed by atoms with van der Waals surface area (Å²) in [5, 5.41) is 0. The minimum absolute atomic E-state index is 0.228. The van der Waals surface area contributed by atoms with E-state index in [2.05, 4.69) is 14.7 Å². The van der Waals surface area contributed by atoms with Gasteiger partial charge in [-0.25, -0.2) is 4.98 Å². The Hall–Kier alpha value is -0.960. The molecular formula is C10H19N5O2S. The Kier molecular flexibility index (Phi) is 4.33. The Balaban J connectivity index is 1.93. The maximum Gasteiger partial charge on any atom is 0.279 e. The lowest BCUT2D eigenvalue weighted by Crippen LogP contribution is -2.47. The number of nitrogens with one attached hydrogen (secondary N) is 2. The van der Waals surface area contributed by atoms with Crippen LogP contribution in [0, 0.1) is 5.92 Å². The number of aromatic nitrogens is 2. The van der Waals surface area contributed by atoms with Gasteiger partial charge in [-0.2, -0.15) is 17.4 Å². The second-order valence-corrected chi connectivity index (χ2v) is 6.26. The van der Waals surface area contributed by atoms with Crippen molar-refractivity contribution < 1.29 is 8.42 Å². The van der Waals surface area contributed by atoms with Crippen LogP contribution in [-0.4, -0.2) is 42.3 Å². The molecule has 7 nitrogen and oxygen atoms in total. The first-order valence-electron chi connectivity index (χ1n) is 6.04. The Morgan fingerprint density at radius 3 is 3.11 bits per heavy atom. The van der Waals surface area contributed by atoms with Crippen LogP contribution >= 0.6 is 0 Å². The summed E-state index contributed by atoms with van der Waals surface area (Å²) in [6.07, 6.45) is 4.99. The number of hydrogen-bond donors (Lipinski definition) is 3. The lowest BCUT2D eigenvalue weighted by molar-refractivity contribution is 0.268. The molecule has 0 saturated carbocycles. The van der Waals surface area contributed by atoms with Gasteiger partial charge in [-0.05, 0) is 25.3 Å². The molecule has 0 spiro atoms. The quantitative estimate of drug-likeness (QED) is 0.667. The van der Waals surface area contributed by atoms with Crippen molar-refractivity contribution in [1.29, 1.82) is 0 Å². The second kappa shape index (κ2) is 5.79. The van der Waals surface area contributed by atoms with Gasteiger partial charge in [-0.15, -0.1) is 0 Å². The number of nitrogens with zero attached hydrogens (tertiary/aromatic N) is 2. The maximum absolute atomic E-state index is 12.1. The molecule has 0 aliphatic carbocycles. The van der Waals surface area contributed by atoms with Gasteiger partial charge in [0.25, 0.3) is 10.2 Å². The summed E-state index contributed by atoms with van der Waals surface area (Å²) in [6.45, 7) is 1.84. The van der Waals surface area contributed by atoms with Crippen molar-refractivity contribution >= 4 is 10.2 Å². The molecule has 0 amide bonds. The molecule has 102 valence electrons. The minimum Gasteiger partial charge on any atom is -0.347 e. The van der Waals surface area contributed by atoms with Gasteiger partial charge in [0.05, 0.1) is 12.9 Å². The Morgan fingerprint density at radius 2 is 2.44 bits per heavy atom. The van der Waals surface area contributed by atoms with Gasteiger partial charge in [-0.3, -0.25) is 0 Å². The monoisotopic (exact) mass is 273 g/mol. The lowest BCUT2D eigenvalue weighted by Gasteiger charge is -2.31. The zero-order chi connectivity index (χ0) is 13.0. The van der Waals surface area contributed by atoms with Crippen molar-refractivity contribution in [3.63, 3.8) is 0 Å². The fourth-order valence-corrected chi connectivity index (χ4v) is 3.38. The van der Waals surface area contributed by atoms with Gasteiger partial charge < -0.3 is 10.7 Å². The average Bonchev–Trinajstić information content (AvgIpc) is 2.90. The van der Waals surface area contributed by atoms with Gasteiger partial charge in [0.2, 0.25) is 0 Å². The summed E-state index contributed by atoms with van der Waals surface area (Å²) in [5.41, 5.74) is 6.35. The molecule has 1 fully saturated rings. The Morgan fingerprint density at radius 1 is 1.61 bits per heavy atom. The first-order valence-corrected chi connectivity index (χ1v) is 7.48. The molecule has 18 heavy (non-hydrogen) atoms. The average molecular weight is 273 g/mol. The molecule has 0 radical (unpaired) electrons. The number of imidazole rings is 1. The van der Waals surface area contributed by atoms with Crippen LogP contribution < -0.4 is 10.5 Å². The predicted molar refractivity (Wildman–Crippen MR) is 67.7 cm³/mol. The van der Waals surface area contributed by atoms with Crippen molar-refractivity contribution in [1.82, 2.24) is 19.0 Å². The highest BCUT2D eigenvalue weighted by Crippen LogP contribution is 2.17. The predicted octanol–water partition coefficient (Wildman–Crippen LogP) is -0.585. The molecule has 1 atom stereocenters. The number of H-pyrrole nitrogens is 1. The third-order valence-corrected chi connectivity index (χ3v) is 4.68. The van der Waals surface area contributed by atoms with E-state index in [9.17, 15) is 8.42 Å². The number of aromatic amines is 1. The van der Waals surface area contributed by atoms with Crippen LogP contribution in [0.5, 0.6) is 0 Å². The van der Waals surface area contributed by atoms with Gasteiger partial charge in [0.1, 0.15) is 0 Å². The van der Waals surface area contributed by atoms with Gasteiger partial charge in [0, 0.05) is 25.0 Å². The topological polar surface area (TPSA) is 104 Å². The molecule has 2 rings (SSSR count). The first-order chi connectivity index (χ1) is 8.62. The van der Waals surface area contributed by atoms with E-state index >= 15 is 0 Å². The molecule has 1 aliphatic rings. The van der Waals surface area contributed by atoms with Gasteiger partial charge in [0.15, 0.2) is 0 Å². The van der Waals surface area contributed by atoms with Crippen LogP contribution in [0.15, 0.2) is 12.5 Å². The number of rotatable bonds is 5. The minimum atomic E-state index is -3.42. The zero-order valence-corrected chi connectivity index (χ0v) is 11.0. The number of piperidine rings is 1. The fourth-order valence-electron chi connectivity index (χ4n) is 2.08. The molecule has 0 aromatic carbocycles. The molecule has 1 saturated heterocycles. The molecule has 2 heterocycles. The molecule has 1 unspecified atom stereocenters. The summed E-state index contributed by atoms with van der Waals surface area (Å²) in [5.74, 6) is 0.266. The van der Waals surface area contributed by atoms with Crippen molar-refractivity contribution in [2.75, 3.05) is 19.6 Å². The third kappa shape index (κ3) is 3.29. The normalized spacial score (nSPS) is 22.2. The summed E-state index contributed by atoms with van der Waals surface area (Å²) in [6, 6.07) is 0. The van der Waals surface area contributed by atoms with Crippen LogP contribution in [0.2, 0.25) is 0 Å². The van der Waals surface area contributed by atoms with E-state index in [0.717, 1.165) is 18.5 Å². The summed E-state index contributed by atoms with van der Waals surface area (Å²) in [7, 11) is -3.42. The molecule has 8 heteroatoms. The fraction of sp³-hybridized carbons (Fsp3) is 0.700. The van der Waals surface area contributed by atoms with Crippen molar-refractivity contribution in [3.05, 3.63) is 18.2 Å². The van der Waals surface area contributed by atoms with E-state index in [1.165, 1.54) is 10.6 Å². The van der Waals surface area contributed by atoms with Gasteiger partial charge >= 0.3 is 0 Å². The molecule has 1 aliphatic heterocycles. The van der Waals surface area contributed by atoms with Crippen LogP contribution in [-0.2, 0) is 16.8 Å². The van der Waals surface area contributed by atoms with E-state index in [1.807, 2.05) is 0 Å². The van der Waals surface area contributed by atoms with Crippen molar-refractivity contribution in [3.8, 4) is 0 Å². The van der Waals surface area contributed by atoms with E-state index in [4.69, 9.17) is 5.73 Å². The van der Waals surface area contributed by atoms with Crippen molar-refractivity contribution in [2.24, 2.45) is 11.7 Å². The Bertz CT molecular complexity index is 459. The van der Waals surface area contributed by atoms with E-state index in [0.29, 0.717) is 19.6 Å². The van der Waals surface area contributed by atoms with Crippen LogP contribution in [0.25, 0.3) is 0 Å². The summed E-state index contributed by atoms with van der Waals surface area (Å²) >= 11 is 0. The Labute approximate surface area is 107 Å². The first kappa shape index (κ1) is 13.5. The largest absolute Gasteiger partial charge is 0.347 e. The van der Waals surface area contributed by atoms with E-state index in [-0.39, 0.29) is 12.5 Å². The van der Waals surface area contributed by atoms with E-state index in [1.54, 1.807) is 6.20 Å². The molecule has 0 bridgehead atoms. The van der Waals surface area contributed by atoms with Gasteiger partial charge in [-0.1, -0.05) is 0 Å². The highest BCUT2D eigenvalue weighted by Gasteiger charge is 2.27. The summed E-state index contributed by atoms with van der Waals surface area (Å²) in [4.78, 5) is 6.70. The molecular weight excluding hydrogens is 254 g/mol. The smallest absolute Gasteiger partial charge is 0.279 e. The number of hydrogen-bond acceptors (Lipinski definition) is 4. The SMILES string of the molecule is NCC1CCCN(S(=O)(=O)NCc2cnc[nH]2)C1. The van der Waals surface area contributed by atoms with Crippen LogP contribution in [0.1, 0.15) is 18.5 Å². The molecule has 1 aromatic rings.